The van der Waals surface area contributed by atoms with E-state index in [0.717, 1.165) is 0 Å². The van der Waals surface area contributed by atoms with Gasteiger partial charge in [0.2, 0.25) is 0 Å². The molecule has 0 saturated carbocycles. The molecule has 0 fully saturated rings. The summed E-state index contributed by atoms with van der Waals surface area (Å²) >= 11 is 0. The average molecular weight is 237 g/mol. The number of hydrogen-bond donors (Lipinski definition) is 1. The molecule has 0 bridgehead atoms. The van der Waals surface area contributed by atoms with Crippen LogP contribution in [0.4, 0.5) is 0 Å². The van der Waals surface area contributed by atoms with Gasteiger partial charge in [-0.15, -0.1) is 6.58 Å². The second-order valence-corrected chi connectivity index (χ2v) is 4.17. The number of carbonyl (C=O) groups is 1. The van der Waals surface area contributed by atoms with E-state index in [2.05, 4.69) is 20.6 Å². The van der Waals surface area contributed by atoms with Crippen LogP contribution in [0.2, 0.25) is 0 Å². The van der Waals surface area contributed by atoms with E-state index in [-0.39, 0.29) is 13.0 Å². The van der Waals surface area contributed by atoms with Gasteiger partial charge in [0.25, 0.3) is 0 Å². The number of hydrogen-bond acceptors (Lipinski definition) is 5. The minimum absolute atomic E-state index is 0.0509. The summed E-state index contributed by atoms with van der Waals surface area (Å²) in [5, 5.41) is 4.66. The summed E-state index contributed by atoms with van der Waals surface area (Å²) in [6, 6.07) is 0. The van der Waals surface area contributed by atoms with Crippen LogP contribution in [0, 0.1) is 0 Å². The lowest BCUT2D eigenvalue weighted by atomic mass is 10.1. The van der Waals surface area contributed by atoms with Gasteiger partial charge in [-0.05, 0) is 13.8 Å². The summed E-state index contributed by atoms with van der Waals surface area (Å²) in [6.07, 6.45) is -1.20. The largest absolute Gasteiger partial charge is 0.464 e. The molecule has 15 heavy (non-hydrogen) atoms. The molecule has 0 aliphatic heterocycles. The standard InChI is InChI=1S/C8H15NO5S/c1-4-13-8(10)7(5-6(2)3)14-15(9,11)12/h7H,2,4-5H2,1,3H3,(H2,9,11,12)/t7-/m0/s1. The zero-order valence-electron chi connectivity index (χ0n) is 8.73. The lowest BCUT2D eigenvalue weighted by molar-refractivity contribution is -0.151. The number of ether oxygens (including phenoxy) is 1. The molecular formula is C8H15NO5S. The van der Waals surface area contributed by atoms with E-state index in [9.17, 15) is 13.2 Å². The number of esters is 1. The number of nitrogens with two attached hydrogens (primary N) is 1. The first-order valence-corrected chi connectivity index (χ1v) is 5.75. The van der Waals surface area contributed by atoms with Gasteiger partial charge >= 0.3 is 16.3 Å². The molecule has 0 radical (unpaired) electrons. The first-order chi connectivity index (χ1) is 6.76. The number of carbonyl (C=O) groups excluding carboxylic acids is 1. The SMILES string of the molecule is C=C(C)C[C@H](OS(N)(=O)=O)C(=O)OCC. The maximum Gasteiger partial charge on any atom is 0.337 e. The van der Waals surface area contributed by atoms with Crippen molar-refractivity contribution in [3.8, 4) is 0 Å². The molecule has 0 rings (SSSR count). The predicted octanol–water partition coefficient (Wildman–Crippen LogP) is 0.104. The van der Waals surface area contributed by atoms with Crippen molar-refractivity contribution in [2.75, 3.05) is 6.61 Å². The van der Waals surface area contributed by atoms with Crippen LogP contribution in [0.5, 0.6) is 0 Å². The molecule has 0 aliphatic carbocycles. The Morgan fingerprint density at radius 1 is 1.53 bits per heavy atom. The molecule has 7 heteroatoms. The molecule has 0 amide bonds. The van der Waals surface area contributed by atoms with E-state index in [0.29, 0.717) is 5.57 Å². The van der Waals surface area contributed by atoms with Gasteiger partial charge in [-0.3, -0.25) is 0 Å². The third-order valence-electron chi connectivity index (χ3n) is 1.33. The van der Waals surface area contributed by atoms with Crippen molar-refractivity contribution in [1.29, 1.82) is 0 Å². The summed E-state index contributed by atoms with van der Waals surface area (Å²) in [5.74, 6) is -0.769. The second-order valence-electron chi connectivity index (χ2n) is 2.99. The van der Waals surface area contributed by atoms with Crippen LogP contribution in [-0.4, -0.2) is 27.1 Å². The molecule has 0 aromatic heterocycles. The molecule has 2 N–H and O–H groups in total. The molecule has 88 valence electrons. The molecule has 0 heterocycles. The Hall–Kier alpha value is -0.920. The highest BCUT2D eigenvalue weighted by atomic mass is 32.2. The van der Waals surface area contributed by atoms with Crippen molar-refractivity contribution in [1.82, 2.24) is 0 Å². The van der Waals surface area contributed by atoms with Gasteiger partial charge in [-0.25, -0.2) is 14.1 Å². The van der Waals surface area contributed by atoms with Crippen LogP contribution >= 0.6 is 0 Å². The molecule has 0 saturated heterocycles. The lowest BCUT2D eigenvalue weighted by Gasteiger charge is -2.14. The summed E-state index contributed by atoms with van der Waals surface area (Å²) < 4.78 is 30.3. The first kappa shape index (κ1) is 14.1. The van der Waals surface area contributed by atoms with Gasteiger partial charge in [-0.2, -0.15) is 8.42 Å². The molecule has 1 atom stereocenters. The topological polar surface area (TPSA) is 95.7 Å². The smallest absolute Gasteiger partial charge is 0.337 e. The van der Waals surface area contributed by atoms with Gasteiger partial charge in [-0.1, -0.05) is 5.57 Å². The van der Waals surface area contributed by atoms with Crippen LogP contribution in [-0.2, 0) is 24.0 Å². The third-order valence-corrected chi connectivity index (χ3v) is 1.83. The van der Waals surface area contributed by atoms with Crippen molar-refractivity contribution in [3.63, 3.8) is 0 Å². The predicted molar refractivity (Wildman–Crippen MR) is 54.0 cm³/mol. The van der Waals surface area contributed by atoms with Gasteiger partial charge < -0.3 is 4.74 Å². The fraction of sp³-hybridized carbons (Fsp3) is 0.625. The average Bonchev–Trinajstić information content (AvgIpc) is 1.99. The Labute approximate surface area is 89.3 Å². The fourth-order valence-electron chi connectivity index (χ4n) is 0.870. The monoisotopic (exact) mass is 237 g/mol. The Morgan fingerprint density at radius 2 is 2.07 bits per heavy atom. The van der Waals surface area contributed by atoms with Crippen LogP contribution < -0.4 is 5.14 Å². The molecule has 6 nitrogen and oxygen atoms in total. The Bertz CT molecular complexity index is 335. The zero-order valence-corrected chi connectivity index (χ0v) is 9.54. The highest BCUT2D eigenvalue weighted by molar-refractivity contribution is 7.84. The van der Waals surface area contributed by atoms with E-state index in [4.69, 9.17) is 0 Å². The van der Waals surface area contributed by atoms with E-state index in [1.807, 2.05) is 0 Å². The van der Waals surface area contributed by atoms with Crippen LogP contribution in [0.25, 0.3) is 0 Å². The van der Waals surface area contributed by atoms with E-state index in [1.54, 1.807) is 13.8 Å². The summed E-state index contributed by atoms with van der Waals surface area (Å²) in [5.41, 5.74) is 0.594. The van der Waals surface area contributed by atoms with Crippen molar-refractivity contribution in [3.05, 3.63) is 12.2 Å². The maximum absolute atomic E-state index is 11.2. The molecular weight excluding hydrogens is 222 g/mol. The lowest BCUT2D eigenvalue weighted by Crippen LogP contribution is -2.32. The number of rotatable bonds is 6. The summed E-state index contributed by atoms with van der Waals surface area (Å²) in [7, 11) is -4.17. The molecule has 0 spiro atoms. The van der Waals surface area contributed by atoms with Crippen LogP contribution in [0.15, 0.2) is 12.2 Å². The molecule has 0 aromatic carbocycles. The third kappa shape index (κ3) is 7.06. The van der Waals surface area contributed by atoms with Crippen molar-refractivity contribution < 1.29 is 22.1 Å². The molecule has 0 aliphatic rings. The normalized spacial score (nSPS) is 13.3. The fourth-order valence-corrected chi connectivity index (χ4v) is 1.34. The zero-order chi connectivity index (χ0) is 12.1. The minimum Gasteiger partial charge on any atom is -0.464 e. The van der Waals surface area contributed by atoms with Gasteiger partial charge in [0.15, 0.2) is 6.10 Å². The van der Waals surface area contributed by atoms with Crippen LogP contribution in [0.1, 0.15) is 20.3 Å². The van der Waals surface area contributed by atoms with E-state index >= 15 is 0 Å². The van der Waals surface area contributed by atoms with E-state index in [1.165, 1.54) is 0 Å². The highest BCUT2D eigenvalue weighted by Gasteiger charge is 2.25. The van der Waals surface area contributed by atoms with Crippen molar-refractivity contribution in [2.45, 2.75) is 26.4 Å². The summed E-state index contributed by atoms with van der Waals surface area (Å²) in [6.45, 7) is 6.92. The highest BCUT2D eigenvalue weighted by Crippen LogP contribution is 2.09. The Balaban J connectivity index is 4.58. The van der Waals surface area contributed by atoms with Gasteiger partial charge in [0, 0.05) is 6.42 Å². The maximum atomic E-state index is 11.2. The quantitative estimate of drug-likeness (QED) is 0.522. The molecule has 0 unspecified atom stereocenters. The van der Waals surface area contributed by atoms with Crippen molar-refractivity contribution in [2.24, 2.45) is 5.14 Å². The van der Waals surface area contributed by atoms with E-state index < -0.39 is 22.4 Å². The van der Waals surface area contributed by atoms with Crippen molar-refractivity contribution >= 4 is 16.3 Å². The Morgan fingerprint density at radius 3 is 2.40 bits per heavy atom. The minimum atomic E-state index is -4.17. The first-order valence-electron chi connectivity index (χ1n) is 4.28. The van der Waals surface area contributed by atoms with Gasteiger partial charge in [0.1, 0.15) is 0 Å². The molecule has 0 aromatic rings. The summed E-state index contributed by atoms with van der Waals surface area (Å²) in [4.78, 5) is 11.2. The Kier molecular flexibility index (Phi) is 5.48. The van der Waals surface area contributed by atoms with Crippen LogP contribution in [0.3, 0.4) is 0 Å². The van der Waals surface area contributed by atoms with Gasteiger partial charge in [0.05, 0.1) is 6.61 Å². The second kappa shape index (κ2) is 5.84.